The van der Waals surface area contributed by atoms with Gasteiger partial charge in [0.05, 0.1) is 11.1 Å². The van der Waals surface area contributed by atoms with Gasteiger partial charge in [0.2, 0.25) is 0 Å². The molecule has 0 unspecified atom stereocenters. The van der Waals surface area contributed by atoms with Crippen LogP contribution in [0.15, 0.2) is 34.2 Å². The van der Waals surface area contributed by atoms with E-state index in [9.17, 15) is 13.2 Å². The smallest absolute Gasteiger partial charge is 0.309 e. The maximum atomic E-state index is 12.4. The number of hydrogen-bond donors (Lipinski definition) is 1. The summed E-state index contributed by atoms with van der Waals surface area (Å²) >= 11 is 0. The number of hydrogen-bond acceptors (Lipinski definition) is 4. The average molecular weight is 310 g/mol. The predicted octanol–water partition coefficient (Wildman–Crippen LogP) is 2.24. The van der Waals surface area contributed by atoms with Gasteiger partial charge in [-0.05, 0) is 38.8 Å². The fourth-order valence-corrected chi connectivity index (χ4v) is 3.49. The summed E-state index contributed by atoms with van der Waals surface area (Å²) in [7, 11) is -3.58. The standard InChI is InChI=1S/C14H18N2O4S/c1-14(2,13(17)18)8-5-9-16-10-15-11-6-3-4-7-12(11)21(16,19)20/h3-4,6-7,10H,5,8-9H2,1-2H3,(H,17,18). The molecule has 0 spiro atoms. The van der Waals surface area contributed by atoms with Crippen LogP contribution < -0.4 is 0 Å². The Labute approximate surface area is 124 Å². The molecule has 0 aliphatic carbocycles. The monoisotopic (exact) mass is 310 g/mol. The molecule has 6 nitrogen and oxygen atoms in total. The quantitative estimate of drug-likeness (QED) is 0.903. The topological polar surface area (TPSA) is 87.0 Å². The van der Waals surface area contributed by atoms with Crippen molar-refractivity contribution in [1.82, 2.24) is 4.31 Å². The zero-order valence-corrected chi connectivity index (χ0v) is 12.8. The van der Waals surface area contributed by atoms with Crippen LogP contribution in [0.5, 0.6) is 0 Å². The van der Waals surface area contributed by atoms with E-state index in [-0.39, 0.29) is 11.4 Å². The van der Waals surface area contributed by atoms with Crippen molar-refractivity contribution in [1.29, 1.82) is 0 Å². The van der Waals surface area contributed by atoms with Crippen LogP contribution in [0.3, 0.4) is 0 Å². The maximum Gasteiger partial charge on any atom is 0.309 e. The van der Waals surface area contributed by atoms with Gasteiger partial charge in [0.15, 0.2) is 0 Å². The van der Waals surface area contributed by atoms with E-state index in [0.717, 1.165) is 0 Å². The van der Waals surface area contributed by atoms with Crippen molar-refractivity contribution in [2.75, 3.05) is 6.54 Å². The normalized spacial score (nSPS) is 16.6. The number of carbonyl (C=O) groups is 1. The van der Waals surface area contributed by atoms with Crippen molar-refractivity contribution in [2.45, 2.75) is 31.6 Å². The third-order valence-electron chi connectivity index (χ3n) is 3.54. The van der Waals surface area contributed by atoms with Crippen LogP contribution in [0.1, 0.15) is 26.7 Å². The summed E-state index contributed by atoms with van der Waals surface area (Å²) in [6.45, 7) is 3.48. The predicted molar refractivity (Wildman–Crippen MR) is 79.1 cm³/mol. The number of sulfonamides is 1. The Morgan fingerprint density at radius 2 is 2.00 bits per heavy atom. The fraction of sp³-hybridized carbons (Fsp3) is 0.429. The first-order chi connectivity index (χ1) is 9.75. The fourth-order valence-electron chi connectivity index (χ4n) is 2.06. The molecule has 1 aliphatic rings. The van der Waals surface area contributed by atoms with Gasteiger partial charge in [0.25, 0.3) is 10.0 Å². The molecular formula is C14H18N2O4S. The van der Waals surface area contributed by atoms with Gasteiger partial charge in [-0.25, -0.2) is 13.4 Å². The minimum absolute atomic E-state index is 0.185. The van der Waals surface area contributed by atoms with E-state index in [0.29, 0.717) is 18.5 Å². The second-order valence-corrected chi connectivity index (χ2v) is 7.48. The Morgan fingerprint density at radius 1 is 1.33 bits per heavy atom. The van der Waals surface area contributed by atoms with Gasteiger partial charge in [0, 0.05) is 6.54 Å². The number of carboxylic acid groups (broad SMARTS) is 1. The van der Waals surface area contributed by atoms with Gasteiger partial charge in [-0.2, -0.15) is 0 Å². The van der Waals surface area contributed by atoms with Crippen molar-refractivity contribution >= 4 is 28.0 Å². The van der Waals surface area contributed by atoms with E-state index in [4.69, 9.17) is 5.11 Å². The summed E-state index contributed by atoms with van der Waals surface area (Å²) in [5.74, 6) is -0.886. The summed E-state index contributed by atoms with van der Waals surface area (Å²) in [6.07, 6.45) is 2.14. The lowest BCUT2D eigenvalue weighted by Crippen LogP contribution is -2.34. The van der Waals surface area contributed by atoms with Crippen LogP contribution in [-0.4, -0.2) is 36.7 Å². The van der Waals surface area contributed by atoms with Crippen LogP contribution in [0.2, 0.25) is 0 Å². The molecule has 7 heteroatoms. The van der Waals surface area contributed by atoms with Gasteiger partial charge in [-0.3, -0.25) is 9.10 Å². The maximum absolute atomic E-state index is 12.4. The molecule has 0 atom stereocenters. The van der Waals surface area contributed by atoms with Gasteiger partial charge in [-0.15, -0.1) is 0 Å². The van der Waals surface area contributed by atoms with Crippen LogP contribution in [0.4, 0.5) is 5.69 Å². The first-order valence-electron chi connectivity index (χ1n) is 6.63. The van der Waals surface area contributed by atoms with Gasteiger partial charge >= 0.3 is 5.97 Å². The van der Waals surface area contributed by atoms with Crippen LogP contribution >= 0.6 is 0 Å². The van der Waals surface area contributed by atoms with Crippen molar-refractivity contribution < 1.29 is 18.3 Å². The summed E-state index contributed by atoms with van der Waals surface area (Å²) in [6, 6.07) is 6.56. The Kier molecular flexibility index (Phi) is 4.04. The number of carboxylic acids is 1. The van der Waals surface area contributed by atoms with Crippen LogP contribution in [-0.2, 0) is 14.8 Å². The first-order valence-corrected chi connectivity index (χ1v) is 8.07. The highest BCUT2D eigenvalue weighted by Gasteiger charge is 2.30. The molecule has 21 heavy (non-hydrogen) atoms. The molecular weight excluding hydrogens is 292 g/mol. The molecule has 0 aromatic heterocycles. The summed E-state index contributed by atoms with van der Waals surface area (Å²) in [5, 5.41) is 9.05. The van der Waals surface area contributed by atoms with E-state index in [1.54, 1.807) is 32.0 Å². The molecule has 1 heterocycles. The van der Waals surface area contributed by atoms with E-state index in [1.165, 1.54) is 16.7 Å². The number of benzene rings is 1. The van der Waals surface area contributed by atoms with E-state index in [1.807, 2.05) is 0 Å². The number of nitrogens with zero attached hydrogens (tertiary/aromatic N) is 2. The minimum Gasteiger partial charge on any atom is -0.481 e. The van der Waals surface area contributed by atoms with Gasteiger partial charge in [-0.1, -0.05) is 12.1 Å². The van der Waals surface area contributed by atoms with Crippen LogP contribution in [0.25, 0.3) is 0 Å². The van der Waals surface area contributed by atoms with Crippen molar-refractivity contribution in [3.63, 3.8) is 0 Å². The number of aliphatic imine (C=N–C) groups is 1. The molecule has 114 valence electrons. The zero-order valence-electron chi connectivity index (χ0n) is 12.0. The first kappa shape index (κ1) is 15.5. The SMILES string of the molecule is CC(C)(CCCN1C=Nc2ccccc2S1(=O)=O)C(=O)O. The third kappa shape index (κ3) is 3.07. The molecule has 0 amide bonds. The van der Waals surface area contributed by atoms with E-state index < -0.39 is 21.4 Å². The summed E-state index contributed by atoms with van der Waals surface area (Å²) in [4.78, 5) is 15.3. The molecule has 1 aliphatic heterocycles. The average Bonchev–Trinajstić information content (AvgIpc) is 2.41. The highest BCUT2D eigenvalue weighted by molar-refractivity contribution is 7.89. The molecule has 1 N–H and O–H groups in total. The lowest BCUT2D eigenvalue weighted by Gasteiger charge is -2.25. The Morgan fingerprint density at radius 3 is 2.67 bits per heavy atom. The number of para-hydroxylation sites is 1. The number of aliphatic carboxylic acids is 1. The Bertz CT molecular complexity index is 680. The van der Waals surface area contributed by atoms with Crippen molar-refractivity contribution in [2.24, 2.45) is 10.4 Å². The molecule has 0 saturated heterocycles. The largest absolute Gasteiger partial charge is 0.481 e. The molecule has 0 fully saturated rings. The van der Waals surface area contributed by atoms with E-state index >= 15 is 0 Å². The van der Waals surface area contributed by atoms with Gasteiger partial charge < -0.3 is 5.11 Å². The summed E-state index contributed by atoms with van der Waals surface area (Å²) < 4.78 is 26.0. The van der Waals surface area contributed by atoms with E-state index in [2.05, 4.69) is 4.99 Å². The Balaban J connectivity index is 2.09. The molecule has 1 aromatic carbocycles. The Hall–Kier alpha value is -1.89. The molecule has 2 rings (SSSR count). The highest BCUT2D eigenvalue weighted by atomic mass is 32.2. The molecule has 0 radical (unpaired) electrons. The lowest BCUT2D eigenvalue weighted by molar-refractivity contribution is -0.147. The second-order valence-electron chi connectivity index (χ2n) is 5.62. The van der Waals surface area contributed by atoms with Crippen molar-refractivity contribution in [3.05, 3.63) is 24.3 Å². The zero-order chi connectivity index (χ0) is 15.7. The van der Waals surface area contributed by atoms with Crippen LogP contribution in [0, 0.1) is 5.41 Å². The third-order valence-corrected chi connectivity index (χ3v) is 5.33. The molecule has 1 aromatic rings. The number of rotatable bonds is 5. The summed E-state index contributed by atoms with van der Waals surface area (Å²) in [5.41, 5.74) is -0.436. The number of fused-ring (bicyclic) bond motifs is 1. The molecule has 0 saturated carbocycles. The van der Waals surface area contributed by atoms with Crippen molar-refractivity contribution in [3.8, 4) is 0 Å². The minimum atomic E-state index is -3.58. The van der Waals surface area contributed by atoms with Gasteiger partial charge in [0.1, 0.15) is 11.2 Å². The lowest BCUT2D eigenvalue weighted by atomic mass is 9.88. The molecule has 0 bridgehead atoms. The highest BCUT2D eigenvalue weighted by Crippen LogP contribution is 2.30. The second kappa shape index (κ2) is 5.48.